The minimum Gasteiger partial charge on any atom is -0.492 e. The van der Waals surface area contributed by atoms with Gasteiger partial charge in [0.15, 0.2) is 22.2 Å². The standard InChI is InChI=1S/C24H23N5O9S/c1-4-35-23(32)16-8-12(38-28-16)7-13-14(19(34-3)21-20(18(13)33-2)36-11-37-21)10-25-27-22(31)15-9-17(30)29-5-6-39-24(29)26-15/h5-6,9-10,12H,4,7-8,11H2,1-3H3,(H,27,31)/b25-10+/t12-/m1/s1. The smallest absolute Gasteiger partial charge is 0.356 e. The van der Waals surface area contributed by atoms with E-state index in [1.165, 1.54) is 36.2 Å². The van der Waals surface area contributed by atoms with E-state index in [4.69, 9.17) is 28.5 Å². The van der Waals surface area contributed by atoms with Gasteiger partial charge in [0.1, 0.15) is 11.8 Å². The molecule has 39 heavy (non-hydrogen) atoms. The molecule has 1 amide bonds. The zero-order valence-electron chi connectivity index (χ0n) is 21.1. The Bertz CT molecular complexity index is 1560. The second-order valence-corrected chi connectivity index (χ2v) is 9.02. The molecule has 14 nitrogen and oxygen atoms in total. The summed E-state index contributed by atoms with van der Waals surface area (Å²) in [6, 6.07) is 1.12. The van der Waals surface area contributed by atoms with Crippen molar-refractivity contribution in [1.29, 1.82) is 0 Å². The van der Waals surface area contributed by atoms with Gasteiger partial charge in [-0.25, -0.2) is 15.2 Å². The van der Waals surface area contributed by atoms with E-state index in [2.05, 4.69) is 20.7 Å². The molecule has 5 rings (SSSR count). The van der Waals surface area contributed by atoms with Gasteiger partial charge in [-0.2, -0.15) is 5.10 Å². The van der Waals surface area contributed by atoms with Crippen LogP contribution in [0.15, 0.2) is 32.7 Å². The Morgan fingerprint density at radius 3 is 2.77 bits per heavy atom. The van der Waals surface area contributed by atoms with Crippen LogP contribution < -0.4 is 29.9 Å². The number of methoxy groups -OCH3 is 2. The summed E-state index contributed by atoms with van der Waals surface area (Å²) in [6.07, 6.45) is 2.82. The Morgan fingerprint density at radius 1 is 1.26 bits per heavy atom. The van der Waals surface area contributed by atoms with Crippen LogP contribution in [0.25, 0.3) is 4.96 Å². The van der Waals surface area contributed by atoms with E-state index in [9.17, 15) is 14.4 Å². The minimum absolute atomic E-state index is 0.0543. The number of nitrogens with zero attached hydrogens (tertiary/aromatic N) is 4. The highest BCUT2D eigenvalue weighted by molar-refractivity contribution is 7.15. The molecule has 0 spiro atoms. The van der Waals surface area contributed by atoms with Crippen molar-refractivity contribution in [2.75, 3.05) is 27.6 Å². The molecular formula is C24H23N5O9S. The van der Waals surface area contributed by atoms with Gasteiger partial charge >= 0.3 is 5.97 Å². The molecule has 1 aromatic carbocycles. The zero-order chi connectivity index (χ0) is 27.5. The molecule has 0 saturated carbocycles. The first-order valence-corrected chi connectivity index (χ1v) is 12.6. The number of carbonyl (C=O) groups is 2. The van der Waals surface area contributed by atoms with Crippen LogP contribution >= 0.6 is 11.3 Å². The molecule has 0 radical (unpaired) electrons. The van der Waals surface area contributed by atoms with E-state index >= 15 is 0 Å². The number of oxime groups is 1. The largest absolute Gasteiger partial charge is 0.492 e. The number of fused-ring (bicyclic) bond motifs is 2. The number of aromatic nitrogens is 2. The molecule has 2 aliphatic rings. The Labute approximate surface area is 224 Å². The molecule has 0 aliphatic carbocycles. The molecule has 3 aromatic rings. The number of amides is 1. The van der Waals surface area contributed by atoms with Gasteiger partial charge in [-0.05, 0) is 6.92 Å². The highest BCUT2D eigenvalue weighted by Gasteiger charge is 2.34. The van der Waals surface area contributed by atoms with Crippen LogP contribution in [0.1, 0.15) is 35.0 Å². The normalized spacial score (nSPS) is 15.8. The predicted molar refractivity (Wildman–Crippen MR) is 137 cm³/mol. The van der Waals surface area contributed by atoms with Crippen molar-refractivity contribution in [1.82, 2.24) is 14.8 Å². The van der Waals surface area contributed by atoms with Crippen LogP contribution in [0.5, 0.6) is 23.0 Å². The fourth-order valence-electron chi connectivity index (χ4n) is 4.16. The van der Waals surface area contributed by atoms with Gasteiger partial charge in [-0.1, -0.05) is 5.16 Å². The molecule has 204 valence electrons. The first-order chi connectivity index (χ1) is 18.9. The maximum absolute atomic E-state index is 12.7. The predicted octanol–water partition coefficient (Wildman–Crippen LogP) is 1.52. The maximum Gasteiger partial charge on any atom is 0.356 e. The molecule has 15 heteroatoms. The molecule has 1 atom stereocenters. The van der Waals surface area contributed by atoms with E-state index in [1.807, 2.05) is 0 Å². The number of hydrogen-bond donors (Lipinski definition) is 1. The monoisotopic (exact) mass is 557 g/mol. The van der Waals surface area contributed by atoms with Crippen LogP contribution in [0, 0.1) is 0 Å². The average Bonchev–Trinajstić information content (AvgIpc) is 3.70. The molecule has 1 N–H and O–H groups in total. The van der Waals surface area contributed by atoms with Gasteiger partial charge in [0.2, 0.25) is 18.3 Å². The van der Waals surface area contributed by atoms with E-state index in [0.29, 0.717) is 33.3 Å². The van der Waals surface area contributed by atoms with Gasteiger partial charge in [-0.15, -0.1) is 11.3 Å². The van der Waals surface area contributed by atoms with Crippen LogP contribution in [0.3, 0.4) is 0 Å². The van der Waals surface area contributed by atoms with E-state index in [1.54, 1.807) is 18.5 Å². The number of ether oxygens (including phenoxy) is 5. The summed E-state index contributed by atoms with van der Waals surface area (Å²) in [7, 11) is 2.92. The van der Waals surface area contributed by atoms with E-state index in [0.717, 1.165) is 6.07 Å². The Hall–Kier alpha value is -4.66. The Kier molecular flexibility index (Phi) is 7.31. The lowest BCUT2D eigenvalue weighted by Gasteiger charge is -2.19. The molecule has 2 aliphatic heterocycles. The molecule has 0 bridgehead atoms. The minimum atomic E-state index is -0.681. The number of rotatable bonds is 9. The van der Waals surface area contributed by atoms with Crippen molar-refractivity contribution in [3.8, 4) is 23.0 Å². The molecule has 4 heterocycles. The molecular weight excluding hydrogens is 534 g/mol. The highest BCUT2D eigenvalue weighted by Crippen LogP contribution is 2.52. The number of carbonyl (C=O) groups excluding carboxylic acids is 2. The summed E-state index contributed by atoms with van der Waals surface area (Å²) >= 11 is 1.22. The van der Waals surface area contributed by atoms with Crippen LogP contribution in [0.2, 0.25) is 0 Å². The van der Waals surface area contributed by atoms with E-state index in [-0.39, 0.29) is 49.0 Å². The van der Waals surface area contributed by atoms with Crippen LogP contribution in [-0.4, -0.2) is 66.9 Å². The number of benzene rings is 1. The van der Waals surface area contributed by atoms with Gasteiger partial charge in [-0.3, -0.25) is 14.0 Å². The summed E-state index contributed by atoms with van der Waals surface area (Å²) in [5, 5.41) is 9.64. The van der Waals surface area contributed by atoms with Crippen molar-refractivity contribution in [2.24, 2.45) is 10.3 Å². The van der Waals surface area contributed by atoms with Gasteiger partial charge in [0.25, 0.3) is 11.5 Å². The Balaban J connectivity index is 1.45. The average molecular weight is 558 g/mol. The van der Waals surface area contributed by atoms with Crippen molar-refractivity contribution < 1.29 is 38.1 Å². The lowest BCUT2D eigenvalue weighted by Crippen LogP contribution is -2.23. The topological polar surface area (TPSA) is 161 Å². The number of hydrogen-bond acceptors (Lipinski definition) is 13. The number of hydrazone groups is 1. The fourth-order valence-corrected chi connectivity index (χ4v) is 4.88. The van der Waals surface area contributed by atoms with Gasteiger partial charge < -0.3 is 28.5 Å². The lowest BCUT2D eigenvalue weighted by molar-refractivity contribution is -0.135. The summed E-state index contributed by atoms with van der Waals surface area (Å²) in [6.45, 7) is 1.87. The second-order valence-electron chi connectivity index (χ2n) is 8.15. The van der Waals surface area contributed by atoms with Crippen LogP contribution in [-0.2, 0) is 20.8 Å². The lowest BCUT2D eigenvalue weighted by atomic mass is 9.96. The zero-order valence-corrected chi connectivity index (χ0v) is 21.9. The first-order valence-electron chi connectivity index (χ1n) is 11.7. The molecule has 2 aromatic heterocycles. The molecule has 0 fully saturated rings. The summed E-state index contributed by atoms with van der Waals surface area (Å²) in [5.74, 6) is 0.0515. The first kappa shape index (κ1) is 26.0. The van der Waals surface area contributed by atoms with Crippen molar-refractivity contribution >= 4 is 40.1 Å². The molecule has 0 unspecified atom stereocenters. The third-order valence-corrected chi connectivity index (χ3v) is 6.61. The summed E-state index contributed by atoms with van der Waals surface area (Å²) in [4.78, 5) is 47.1. The highest BCUT2D eigenvalue weighted by atomic mass is 32.1. The summed E-state index contributed by atoms with van der Waals surface area (Å²) < 4.78 is 28.9. The number of thiazole rings is 1. The maximum atomic E-state index is 12.7. The third-order valence-electron chi connectivity index (χ3n) is 5.85. The molecule has 0 saturated heterocycles. The third kappa shape index (κ3) is 4.95. The number of esters is 1. The number of nitrogens with one attached hydrogen (secondary N) is 1. The van der Waals surface area contributed by atoms with E-state index < -0.39 is 18.0 Å². The van der Waals surface area contributed by atoms with Gasteiger partial charge in [0.05, 0.1) is 27.0 Å². The quantitative estimate of drug-likeness (QED) is 0.232. The van der Waals surface area contributed by atoms with Crippen molar-refractivity contribution in [3.05, 3.63) is 44.8 Å². The van der Waals surface area contributed by atoms with Crippen LogP contribution in [0.4, 0.5) is 0 Å². The fraction of sp³-hybridized carbons (Fsp3) is 0.333. The van der Waals surface area contributed by atoms with Gasteiger partial charge in [0, 0.05) is 41.6 Å². The Morgan fingerprint density at radius 2 is 2.03 bits per heavy atom. The van der Waals surface area contributed by atoms with Crippen molar-refractivity contribution in [2.45, 2.75) is 25.9 Å². The van der Waals surface area contributed by atoms with Crippen molar-refractivity contribution in [3.63, 3.8) is 0 Å². The SMILES string of the molecule is CCOC(=O)C1=NO[C@H](Cc2c(/C=N/NC(=O)c3cc(=O)n4ccsc4n3)c(OC)c3c(c2OC)OCO3)C1. The summed E-state index contributed by atoms with van der Waals surface area (Å²) in [5.41, 5.74) is 3.05. The second kappa shape index (κ2) is 11.0.